The molecule has 0 radical (unpaired) electrons. The van der Waals surface area contributed by atoms with Crippen LogP contribution in [0.5, 0.6) is 11.5 Å². The summed E-state index contributed by atoms with van der Waals surface area (Å²) in [4.78, 5) is 22.3. The number of piperidine rings is 1. The van der Waals surface area contributed by atoms with Crippen molar-refractivity contribution in [3.05, 3.63) is 81.1 Å². The van der Waals surface area contributed by atoms with Gasteiger partial charge in [-0.1, -0.05) is 23.2 Å². The first-order chi connectivity index (χ1) is 16.9. The van der Waals surface area contributed by atoms with Crippen molar-refractivity contribution in [3.8, 4) is 11.5 Å². The third-order valence-electron chi connectivity index (χ3n) is 5.88. The minimum Gasteiger partial charge on any atom is -0.497 e. The molecule has 8 heteroatoms. The molecule has 4 aromatic rings. The number of ether oxygens (including phenoxy) is 2. The fourth-order valence-electron chi connectivity index (χ4n) is 4.06. The number of pyridine rings is 2. The lowest BCUT2D eigenvalue weighted by Gasteiger charge is -2.18. The van der Waals surface area contributed by atoms with Crippen molar-refractivity contribution < 1.29 is 14.3 Å². The average Bonchev–Trinajstić information content (AvgIpc) is 2.86. The predicted molar refractivity (Wildman–Crippen MR) is 140 cm³/mol. The second kappa shape index (κ2) is 9.66. The van der Waals surface area contributed by atoms with Crippen LogP contribution in [0.4, 0.5) is 0 Å². The van der Waals surface area contributed by atoms with Crippen molar-refractivity contribution in [1.82, 2.24) is 15.3 Å². The van der Waals surface area contributed by atoms with Crippen molar-refractivity contribution in [2.24, 2.45) is 0 Å². The van der Waals surface area contributed by atoms with E-state index in [9.17, 15) is 4.79 Å². The number of hydrogen-bond acceptors (Lipinski definition) is 6. The highest BCUT2D eigenvalue weighted by atomic mass is 35.5. The average molecular weight is 506 g/mol. The van der Waals surface area contributed by atoms with Gasteiger partial charge in [-0.25, -0.2) is 9.97 Å². The number of fused-ring (bicyclic) bond motifs is 2. The molecule has 2 aromatic carbocycles. The highest BCUT2D eigenvalue weighted by Crippen LogP contribution is 2.29. The molecule has 1 aliphatic rings. The van der Waals surface area contributed by atoms with Gasteiger partial charge in [0.25, 0.3) is 0 Å². The van der Waals surface area contributed by atoms with Crippen molar-refractivity contribution in [3.63, 3.8) is 0 Å². The van der Waals surface area contributed by atoms with E-state index in [0.717, 1.165) is 33.3 Å². The van der Waals surface area contributed by atoms with Crippen molar-refractivity contribution in [2.45, 2.75) is 0 Å². The van der Waals surface area contributed by atoms with Gasteiger partial charge in [-0.15, -0.1) is 0 Å². The number of benzene rings is 2. The van der Waals surface area contributed by atoms with E-state index in [1.165, 1.54) is 0 Å². The fraction of sp³-hybridized carbons (Fsp3) is 0.148. The first-order valence-corrected chi connectivity index (χ1v) is 11.7. The second-order valence-corrected chi connectivity index (χ2v) is 8.84. The summed E-state index contributed by atoms with van der Waals surface area (Å²) in [5.74, 6) is 1.37. The maximum Gasteiger partial charge on any atom is 0.187 e. The first kappa shape index (κ1) is 23.3. The Labute approximate surface area is 212 Å². The molecule has 0 bridgehead atoms. The van der Waals surface area contributed by atoms with E-state index in [1.54, 1.807) is 26.4 Å². The largest absolute Gasteiger partial charge is 0.497 e. The topological polar surface area (TPSA) is 73.3 Å². The molecule has 1 N–H and O–H groups in total. The van der Waals surface area contributed by atoms with Gasteiger partial charge in [-0.2, -0.15) is 0 Å². The Hall–Kier alpha value is -3.45. The lowest BCUT2D eigenvalue weighted by molar-refractivity contribution is -0.112. The molecular weight excluding hydrogens is 485 g/mol. The summed E-state index contributed by atoms with van der Waals surface area (Å²) in [6.45, 7) is 0.840. The van der Waals surface area contributed by atoms with Crippen LogP contribution in [0.2, 0.25) is 10.3 Å². The molecule has 5 rings (SSSR count). The van der Waals surface area contributed by atoms with Crippen LogP contribution >= 0.6 is 23.2 Å². The van der Waals surface area contributed by atoms with E-state index in [0.29, 0.717) is 45.7 Å². The number of hydrogen-bond donors (Lipinski definition) is 1. The maximum absolute atomic E-state index is 13.3. The van der Waals surface area contributed by atoms with E-state index >= 15 is 0 Å². The summed E-state index contributed by atoms with van der Waals surface area (Å²) < 4.78 is 10.6. The van der Waals surface area contributed by atoms with Gasteiger partial charge in [0.1, 0.15) is 21.8 Å². The van der Waals surface area contributed by atoms with Crippen LogP contribution in [-0.4, -0.2) is 43.1 Å². The SMILES string of the molecule is COc1ccc2nc(Cl)c(/C=C3\CNC/C(=C\c4cc5cc(OC)ccc5nc4Cl)C3=O)cc2c1. The highest BCUT2D eigenvalue weighted by Gasteiger charge is 2.21. The number of carbonyl (C=O) groups is 1. The van der Waals surface area contributed by atoms with E-state index in [-0.39, 0.29) is 5.78 Å². The molecular formula is C27H21Cl2N3O3. The summed E-state index contributed by atoms with van der Waals surface area (Å²) in [6, 6.07) is 14.9. The zero-order valence-corrected chi connectivity index (χ0v) is 20.6. The Bertz CT molecular complexity index is 1430. The zero-order valence-electron chi connectivity index (χ0n) is 19.1. The molecule has 0 unspecified atom stereocenters. The molecule has 1 fully saturated rings. The Kier molecular flexibility index (Phi) is 6.43. The summed E-state index contributed by atoms with van der Waals surface area (Å²) in [7, 11) is 3.23. The predicted octanol–water partition coefficient (Wildman–Crippen LogP) is 5.75. The van der Waals surface area contributed by atoms with Crippen molar-refractivity contribution >= 4 is 62.9 Å². The van der Waals surface area contributed by atoms with Gasteiger partial charge in [-0.3, -0.25) is 4.79 Å². The van der Waals surface area contributed by atoms with Gasteiger partial charge in [0, 0.05) is 46.1 Å². The fourth-order valence-corrected chi connectivity index (χ4v) is 4.46. The molecule has 3 heterocycles. The van der Waals surface area contributed by atoms with Crippen LogP contribution in [0.15, 0.2) is 59.7 Å². The number of nitrogens with one attached hydrogen (secondary N) is 1. The smallest absolute Gasteiger partial charge is 0.187 e. The number of aromatic nitrogens is 2. The Morgan fingerprint density at radius 2 is 1.23 bits per heavy atom. The minimum absolute atomic E-state index is 0.0765. The van der Waals surface area contributed by atoms with Gasteiger partial charge in [-0.05, 0) is 60.7 Å². The van der Waals surface area contributed by atoms with E-state index < -0.39 is 0 Å². The third-order valence-corrected chi connectivity index (χ3v) is 6.48. The van der Waals surface area contributed by atoms with Gasteiger partial charge >= 0.3 is 0 Å². The van der Waals surface area contributed by atoms with E-state index in [4.69, 9.17) is 32.7 Å². The number of rotatable bonds is 4. The molecule has 6 nitrogen and oxygen atoms in total. The van der Waals surface area contributed by atoms with E-state index in [2.05, 4.69) is 15.3 Å². The van der Waals surface area contributed by atoms with Crippen molar-refractivity contribution in [1.29, 1.82) is 0 Å². The second-order valence-electron chi connectivity index (χ2n) is 8.13. The quantitative estimate of drug-likeness (QED) is 0.281. The monoisotopic (exact) mass is 505 g/mol. The minimum atomic E-state index is -0.0765. The van der Waals surface area contributed by atoms with Crippen LogP contribution in [-0.2, 0) is 4.79 Å². The lowest BCUT2D eigenvalue weighted by atomic mass is 9.95. The van der Waals surface area contributed by atoms with Crippen molar-refractivity contribution in [2.75, 3.05) is 27.3 Å². The molecule has 0 amide bonds. The summed E-state index contributed by atoms with van der Waals surface area (Å²) in [5.41, 5.74) is 4.00. The summed E-state index contributed by atoms with van der Waals surface area (Å²) >= 11 is 12.9. The van der Waals surface area contributed by atoms with Crippen LogP contribution < -0.4 is 14.8 Å². The van der Waals surface area contributed by atoms with Crippen LogP contribution in [0.1, 0.15) is 11.1 Å². The summed E-state index contributed by atoms with van der Waals surface area (Å²) in [6.07, 6.45) is 3.56. The van der Waals surface area contributed by atoms with Gasteiger partial charge in [0.15, 0.2) is 5.78 Å². The standard InChI is InChI=1S/C27H21Cl2N3O3/c1-34-21-3-5-23-15(11-21)7-17(26(28)31-23)9-19-13-30-14-20(25(19)33)10-18-8-16-12-22(35-2)4-6-24(16)32-27(18)29/h3-12,30H,13-14H2,1-2H3/b19-9+,20-10+. The molecule has 2 aromatic heterocycles. The number of carbonyl (C=O) groups excluding carboxylic acids is 1. The Balaban J connectivity index is 1.51. The normalized spacial score (nSPS) is 16.4. The molecule has 1 saturated heterocycles. The molecule has 176 valence electrons. The lowest BCUT2D eigenvalue weighted by Crippen LogP contribution is -2.32. The molecule has 1 aliphatic heterocycles. The third kappa shape index (κ3) is 4.73. The number of methoxy groups -OCH3 is 2. The van der Waals surface area contributed by atoms with Crippen LogP contribution in [0.3, 0.4) is 0 Å². The van der Waals surface area contributed by atoms with Gasteiger partial charge in [0.2, 0.25) is 0 Å². The van der Waals surface area contributed by atoms with E-state index in [1.807, 2.05) is 48.5 Å². The Morgan fingerprint density at radius 3 is 1.66 bits per heavy atom. The number of Topliss-reactive ketones (excluding diaryl/α,β-unsaturated/α-hetero) is 1. The summed E-state index contributed by atoms with van der Waals surface area (Å²) in [5, 5.41) is 5.68. The van der Waals surface area contributed by atoms with Crippen LogP contribution in [0.25, 0.3) is 34.0 Å². The molecule has 0 saturated carbocycles. The number of halogens is 2. The maximum atomic E-state index is 13.3. The number of nitrogens with zero attached hydrogens (tertiary/aromatic N) is 2. The first-order valence-electron chi connectivity index (χ1n) is 10.9. The number of ketones is 1. The molecule has 35 heavy (non-hydrogen) atoms. The van der Waals surface area contributed by atoms with Gasteiger partial charge in [0.05, 0.1) is 25.3 Å². The van der Waals surface area contributed by atoms with Gasteiger partial charge < -0.3 is 14.8 Å². The molecule has 0 atom stereocenters. The molecule has 0 spiro atoms. The zero-order chi connectivity index (χ0) is 24.5. The van der Waals surface area contributed by atoms with Crippen LogP contribution in [0, 0.1) is 0 Å². The molecule has 0 aliphatic carbocycles. The highest BCUT2D eigenvalue weighted by molar-refractivity contribution is 6.32. The Morgan fingerprint density at radius 1 is 0.771 bits per heavy atom.